The van der Waals surface area contributed by atoms with Gasteiger partial charge in [-0.25, -0.2) is 4.99 Å². The van der Waals surface area contributed by atoms with Gasteiger partial charge in [-0.3, -0.25) is 24.2 Å². The third-order valence-electron chi connectivity index (χ3n) is 16.9. The molecule has 8 atom stereocenters. The lowest BCUT2D eigenvalue weighted by atomic mass is 9.79. The molecule has 17 nitrogen and oxygen atoms in total. The van der Waals surface area contributed by atoms with Crippen LogP contribution in [0.25, 0.3) is 10.8 Å². The fourth-order valence-electron chi connectivity index (χ4n) is 12.1. The lowest BCUT2D eigenvalue weighted by Gasteiger charge is -2.38. The quantitative estimate of drug-likeness (QED) is 0.106. The molecule has 0 radical (unpaired) electrons. The number of carbonyl (C=O) groups excluding carboxylic acids is 4. The number of rotatable bonds is 7. The number of anilines is 1. The molecule has 0 aromatic heterocycles. The molecule has 5 bridgehead atoms. The van der Waals surface area contributed by atoms with Crippen molar-refractivity contribution in [2.45, 2.75) is 175 Å². The number of aliphatic hydroxyl groups is 2. The van der Waals surface area contributed by atoms with E-state index in [-0.39, 0.29) is 74.2 Å². The minimum Gasteiger partial charge on any atom is -0.507 e. The van der Waals surface area contributed by atoms with Gasteiger partial charge in [-0.1, -0.05) is 66.7 Å². The van der Waals surface area contributed by atoms with Crippen molar-refractivity contribution in [1.29, 1.82) is 0 Å². The summed E-state index contributed by atoms with van der Waals surface area (Å²) in [4.78, 5) is 69.9. The van der Waals surface area contributed by atoms with Crippen LogP contribution >= 0.6 is 0 Å². The summed E-state index contributed by atoms with van der Waals surface area (Å²) < 4.78 is 25.1. The lowest BCUT2D eigenvalue weighted by molar-refractivity contribution is -0.163. The molecule has 1 aliphatic carbocycles. The van der Waals surface area contributed by atoms with Crippen molar-refractivity contribution in [2.24, 2.45) is 45.5 Å². The number of phenols is 2. The normalized spacial score (nSPS) is 32.5. The van der Waals surface area contributed by atoms with E-state index in [0.29, 0.717) is 50.4 Å². The number of Topliss-reactive ketones (excluding diaryl/α,β-unsaturated/α-hetero) is 1. The molecular formula is C58H81N5O12. The number of aromatic hydroxyl groups is 2. The second-order valence-corrected chi connectivity index (χ2v) is 23.3. The Kier molecular flexibility index (Phi) is 16.9. The van der Waals surface area contributed by atoms with Gasteiger partial charge >= 0.3 is 11.8 Å². The average molecular weight is 1040 g/mol. The van der Waals surface area contributed by atoms with E-state index in [0.717, 1.165) is 51.2 Å². The molecule has 1 saturated carbocycles. The van der Waals surface area contributed by atoms with Crippen molar-refractivity contribution >= 4 is 40.0 Å². The highest BCUT2D eigenvalue weighted by Gasteiger charge is 2.51. The zero-order valence-corrected chi connectivity index (χ0v) is 45.7. The van der Waals surface area contributed by atoms with Crippen molar-refractivity contribution in [3.8, 4) is 17.2 Å². The number of esters is 1. The van der Waals surface area contributed by atoms with Crippen molar-refractivity contribution in [3.63, 3.8) is 0 Å². The average Bonchev–Trinajstić information content (AvgIpc) is 3.89. The molecule has 410 valence electrons. The molecule has 2 aromatic rings. The third-order valence-corrected chi connectivity index (χ3v) is 16.9. The summed E-state index contributed by atoms with van der Waals surface area (Å²) in [5.41, 5.74) is -0.126. The van der Waals surface area contributed by atoms with Gasteiger partial charge in [0.15, 0.2) is 5.75 Å². The van der Waals surface area contributed by atoms with Gasteiger partial charge in [-0.05, 0) is 82.6 Å². The first-order valence-electron chi connectivity index (χ1n) is 27.5. The minimum absolute atomic E-state index is 0.0586. The Balaban J connectivity index is 1.09. The summed E-state index contributed by atoms with van der Waals surface area (Å²) in [6, 6.07) is 0. The highest BCUT2D eigenvalue weighted by molar-refractivity contribution is 6.21. The van der Waals surface area contributed by atoms with E-state index in [2.05, 4.69) is 36.0 Å². The molecule has 2 saturated heterocycles. The Hall–Kier alpha value is -5.36. The van der Waals surface area contributed by atoms with Crippen molar-refractivity contribution in [2.75, 3.05) is 38.0 Å². The Bertz CT molecular complexity index is 2730. The lowest BCUT2D eigenvalue weighted by Crippen LogP contribution is -2.47. The molecule has 6 aliphatic heterocycles. The molecule has 2 aromatic carbocycles. The number of allylic oxidation sites excluding steroid dienone is 3. The van der Waals surface area contributed by atoms with Gasteiger partial charge < -0.3 is 54.5 Å². The van der Waals surface area contributed by atoms with Crippen LogP contribution in [0, 0.1) is 42.4 Å². The number of hydrogen-bond acceptors (Lipinski definition) is 15. The van der Waals surface area contributed by atoms with Crippen LogP contribution in [0.4, 0.5) is 5.69 Å². The van der Waals surface area contributed by atoms with Crippen LogP contribution in [0.3, 0.4) is 0 Å². The zero-order valence-electron chi connectivity index (χ0n) is 45.7. The molecule has 17 heteroatoms. The fourth-order valence-corrected chi connectivity index (χ4v) is 12.1. The van der Waals surface area contributed by atoms with Crippen LogP contribution in [0.2, 0.25) is 0 Å². The summed E-state index contributed by atoms with van der Waals surface area (Å²) in [6.07, 6.45) is 11.8. The number of piperidine rings is 2. The number of benzene rings is 2. The first kappa shape index (κ1) is 55.9. The van der Waals surface area contributed by atoms with Crippen molar-refractivity contribution in [1.82, 2.24) is 9.80 Å². The summed E-state index contributed by atoms with van der Waals surface area (Å²) in [5.74, 6) is -6.40. The Morgan fingerprint density at radius 3 is 2.21 bits per heavy atom. The first-order chi connectivity index (χ1) is 35.5. The van der Waals surface area contributed by atoms with Crippen LogP contribution in [0.1, 0.15) is 142 Å². The summed E-state index contributed by atoms with van der Waals surface area (Å²) in [7, 11) is 0. The van der Waals surface area contributed by atoms with E-state index in [1.807, 2.05) is 6.92 Å². The van der Waals surface area contributed by atoms with Gasteiger partial charge in [0.05, 0.1) is 47.3 Å². The molecule has 5 N–H and O–H groups in total. The van der Waals surface area contributed by atoms with E-state index in [1.54, 1.807) is 63.8 Å². The smallest absolute Gasteiger partial charge is 0.315 e. The van der Waals surface area contributed by atoms with Gasteiger partial charge in [0.1, 0.15) is 40.4 Å². The maximum Gasteiger partial charge on any atom is 0.315 e. The molecule has 9 rings (SSSR count). The van der Waals surface area contributed by atoms with E-state index in [1.165, 1.54) is 13.2 Å². The van der Waals surface area contributed by atoms with Crippen LogP contribution in [-0.2, 0) is 28.6 Å². The van der Waals surface area contributed by atoms with Gasteiger partial charge in [-0.2, -0.15) is 0 Å². The fraction of sp³-hybridized carbons (Fsp3) is 0.655. The summed E-state index contributed by atoms with van der Waals surface area (Å²) in [5, 5.41) is 51.4. The predicted molar refractivity (Wildman–Crippen MR) is 283 cm³/mol. The number of phenolic OH excluding ortho intramolecular Hbond substituents is 2. The first-order valence-corrected chi connectivity index (χ1v) is 27.5. The van der Waals surface area contributed by atoms with Crippen molar-refractivity contribution < 1.29 is 58.6 Å². The molecule has 7 aliphatic rings. The maximum atomic E-state index is 14.9. The third kappa shape index (κ3) is 11.7. The summed E-state index contributed by atoms with van der Waals surface area (Å²) in [6.45, 7) is 21.6. The standard InChI is InChI=1S/C58H81N5O12/c1-31(2)30-62-26-22-58(23-27-62)60-46-43-44-51(68)38(9)54-45(43)55(70)57(10,75-54)72-28-12-15-34(5)53(74-42(65)29-41(64)63-24-20-40(21-25-63)73-39-18-16-32(3)17-19-39)37(8)50(67)36(7)49(66)33(4)13-11-14-35(6)56(71)59-48(52(44)69)47(46)61-58/h11-14,28,31-34,36-37,39-40,49-50,53,60,66-69H,15-27,29-30H2,1-10H3/b13-11+,28-12+,35-14-,59-48?/t32?,33-,34+,36+,37+,39?,49-,50+,53+,57-/m0/s1. The number of ether oxygens (including phenoxy) is 4. The predicted octanol–water partition coefficient (Wildman–Crippen LogP) is 7.08. The van der Waals surface area contributed by atoms with E-state index in [4.69, 9.17) is 23.9 Å². The molecule has 0 unspecified atom stereocenters. The molecule has 2 amide bonds. The number of nitrogens with one attached hydrogen (secondary N) is 1. The van der Waals surface area contributed by atoms with E-state index < -0.39 is 83.3 Å². The Morgan fingerprint density at radius 1 is 0.880 bits per heavy atom. The van der Waals surface area contributed by atoms with Gasteiger partial charge in [-0.15, -0.1) is 0 Å². The van der Waals surface area contributed by atoms with Crippen LogP contribution in [-0.4, -0.2) is 128 Å². The topological polar surface area (TPSA) is 229 Å². The van der Waals surface area contributed by atoms with Gasteiger partial charge in [0, 0.05) is 86.8 Å². The number of likely N-dealkylation sites (tertiary alicyclic amines) is 2. The number of hydrogen-bond donors (Lipinski definition) is 5. The number of ketones is 1. The van der Waals surface area contributed by atoms with Crippen LogP contribution in [0.15, 0.2) is 46.1 Å². The number of fused-ring (bicyclic) bond motifs is 13. The number of amides is 2. The maximum absolute atomic E-state index is 14.9. The molecular weight excluding hydrogens is 959 g/mol. The van der Waals surface area contributed by atoms with Crippen LogP contribution < -0.4 is 20.8 Å². The molecule has 6 heterocycles. The van der Waals surface area contributed by atoms with E-state index in [9.17, 15) is 39.6 Å². The minimum atomic E-state index is -1.94. The molecule has 1 spiro atoms. The number of carbonyl (C=O) groups is 4. The van der Waals surface area contributed by atoms with Gasteiger partial charge in [0.25, 0.3) is 11.7 Å². The van der Waals surface area contributed by atoms with E-state index >= 15 is 0 Å². The zero-order chi connectivity index (χ0) is 54.3. The number of aliphatic hydroxyl groups excluding tert-OH is 2. The monoisotopic (exact) mass is 1040 g/mol. The Morgan fingerprint density at radius 2 is 1.55 bits per heavy atom. The largest absolute Gasteiger partial charge is 0.507 e. The molecule has 3 fully saturated rings. The van der Waals surface area contributed by atoms with Crippen LogP contribution in [0.5, 0.6) is 17.2 Å². The second kappa shape index (κ2) is 22.7. The SMILES string of the molecule is C/C1=C/C=C/[C@H](C)[C@H](O)[C@@H](C)[C@@H](O)[C@@H](C)[C@H](OC(=O)CC(=O)N2CCC(OC3CCC(C)CC3)CC2)[C@H](C)C/C=C/O[C@@]2(C)Oc3c(C)c(O)c4c(O)c(c5c(c4c3C2=O)NC2(CCN(CC(C)C)CC2)N=5)=NC1=O. The highest BCUT2D eigenvalue weighted by Crippen LogP contribution is 2.51. The summed E-state index contributed by atoms with van der Waals surface area (Å²) >= 11 is 0. The number of nitrogens with zero attached hydrogens (tertiary/aromatic N) is 4. The van der Waals surface area contributed by atoms with Gasteiger partial charge in [0.2, 0.25) is 5.91 Å². The van der Waals surface area contributed by atoms with Crippen molar-refractivity contribution in [3.05, 3.63) is 58.0 Å². The second-order valence-electron chi connectivity index (χ2n) is 23.3. The Labute approximate surface area is 441 Å². The molecule has 75 heavy (non-hydrogen) atoms. The highest BCUT2D eigenvalue weighted by atomic mass is 16.7.